The molecule has 1 rings (SSSR count). The van der Waals surface area contributed by atoms with Crippen LogP contribution in [0.2, 0.25) is 0 Å². The molecule has 2 N–H and O–H groups in total. The van der Waals surface area contributed by atoms with Crippen molar-refractivity contribution in [2.75, 3.05) is 6.54 Å². The molecule has 0 aliphatic carbocycles. The highest BCUT2D eigenvalue weighted by atomic mass is 16.3. The van der Waals surface area contributed by atoms with E-state index in [4.69, 9.17) is 0 Å². The van der Waals surface area contributed by atoms with E-state index in [1.807, 2.05) is 20.8 Å². The molecule has 0 bridgehead atoms. The Hall–Kier alpha value is -0.940. The van der Waals surface area contributed by atoms with Crippen molar-refractivity contribution in [3.8, 4) is 0 Å². The van der Waals surface area contributed by atoms with Crippen LogP contribution in [0.4, 0.5) is 0 Å². The molecule has 1 amide bonds. The van der Waals surface area contributed by atoms with Crippen LogP contribution in [0.3, 0.4) is 0 Å². The van der Waals surface area contributed by atoms with Gasteiger partial charge in [0.2, 0.25) is 5.91 Å². The first-order valence-corrected chi connectivity index (χ1v) is 5.79. The first-order chi connectivity index (χ1) is 7.63. The summed E-state index contributed by atoms with van der Waals surface area (Å²) in [6.45, 7) is 7.11. The van der Waals surface area contributed by atoms with Crippen LogP contribution in [0.5, 0.6) is 0 Å². The van der Waals surface area contributed by atoms with Crippen LogP contribution in [0, 0.1) is 5.41 Å². The van der Waals surface area contributed by atoms with Gasteiger partial charge in [0, 0.05) is 13.3 Å². The van der Waals surface area contributed by atoms with Gasteiger partial charge >= 0.3 is 0 Å². The number of ketones is 1. The number of likely N-dealkylation sites (tertiary alicyclic amines) is 1. The molecule has 3 atom stereocenters. The van der Waals surface area contributed by atoms with Gasteiger partial charge in [-0.05, 0) is 5.41 Å². The van der Waals surface area contributed by atoms with Crippen molar-refractivity contribution in [2.24, 2.45) is 5.41 Å². The minimum Gasteiger partial charge on any atom is -0.388 e. The third-order valence-corrected chi connectivity index (χ3v) is 2.88. The lowest BCUT2D eigenvalue weighted by molar-refractivity contribution is -0.138. The van der Waals surface area contributed by atoms with Gasteiger partial charge in [-0.15, -0.1) is 0 Å². The Bertz CT molecular complexity index is 321. The molecular weight excluding hydrogens is 222 g/mol. The van der Waals surface area contributed by atoms with Crippen LogP contribution in [-0.4, -0.2) is 51.6 Å². The summed E-state index contributed by atoms with van der Waals surface area (Å²) in [5.74, 6) is -0.496. The van der Waals surface area contributed by atoms with E-state index < -0.39 is 18.2 Å². The fourth-order valence-corrected chi connectivity index (χ4v) is 2.13. The standard InChI is InChI=1S/C12H21NO4/c1-7(14)13-6-9(16)11(17)10(13)8(15)5-12(2,3)4/h9-11,16-17H,5-6H2,1-4H3/t9-,10+,11?/m0/s1. The van der Waals surface area contributed by atoms with Crippen molar-refractivity contribution in [1.29, 1.82) is 0 Å². The molecule has 98 valence electrons. The fraction of sp³-hybridized carbons (Fsp3) is 0.833. The van der Waals surface area contributed by atoms with E-state index in [0.717, 1.165) is 0 Å². The molecule has 1 unspecified atom stereocenters. The fourth-order valence-electron chi connectivity index (χ4n) is 2.13. The second-order valence-electron chi connectivity index (χ2n) is 5.88. The lowest BCUT2D eigenvalue weighted by Gasteiger charge is -2.26. The average molecular weight is 243 g/mol. The summed E-state index contributed by atoms with van der Waals surface area (Å²) in [6.07, 6.45) is -1.94. The largest absolute Gasteiger partial charge is 0.388 e. The summed E-state index contributed by atoms with van der Waals surface area (Å²) in [7, 11) is 0. The number of nitrogens with zero attached hydrogens (tertiary/aromatic N) is 1. The zero-order valence-electron chi connectivity index (χ0n) is 10.8. The summed E-state index contributed by atoms with van der Waals surface area (Å²) in [5, 5.41) is 19.3. The third kappa shape index (κ3) is 3.26. The molecule has 5 heteroatoms. The molecule has 1 aliphatic rings. The molecule has 1 aliphatic heterocycles. The SMILES string of the molecule is CC(=O)N1C[C@H](O)C(O)[C@H]1C(=O)CC(C)(C)C. The molecule has 1 heterocycles. The van der Waals surface area contributed by atoms with Crippen LogP contribution in [0.1, 0.15) is 34.1 Å². The van der Waals surface area contributed by atoms with Gasteiger partial charge < -0.3 is 15.1 Å². The molecular formula is C12H21NO4. The van der Waals surface area contributed by atoms with E-state index in [0.29, 0.717) is 0 Å². The van der Waals surface area contributed by atoms with Crippen LogP contribution in [-0.2, 0) is 9.59 Å². The van der Waals surface area contributed by atoms with Crippen LogP contribution >= 0.6 is 0 Å². The zero-order chi connectivity index (χ0) is 13.4. The maximum absolute atomic E-state index is 12.1. The Labute approximate surface area is 101 Å². The van der Waals surface area contributed by atoms with E-state index >= 15 is 0 Å². The first kappa shape index (κ1) is 14.1. The number of amides is 1. The topological polar surface area (TPSA) is 77.8 Å². The van der Waals surface area contributed by atoms with Crippen molar-refractivity contribution < 1.29 is 19.8 Å². The lowest BCUT2D eigenvalue weighted by atomic mass is 9.86. The number of carbonyl (C=O) groups is 2. The zero-order valence-corrected chi connectivity index (χ0v) is 10.8. The van der Waals surface area contributed by atoms with Gasteiger partial charge in [0.05, 0.1) is 12.6 Å². The number of hydrogen-bond donors (Lipinski definition) is 2. The van der Waals surface area contributed by atoms with Gasteiger partial charge in [0.1, 0.15) is 12.1 Å². The number of Topliss-reactive ketones (excluding diaryl/α,β-unsaturated/α-hetero) is 1. The summed E-state index contributed by atoms with van der Waals surface area (Å²) >= 11 is 0. The van der Waals surface area contributed by atoms with E-state index in [1.54, 1.807) is 0 Å². The van der Waals surface area contributed by atoms with Gasteiger partial charge in [-0.3, -0.25) is 9.59 Å². The second kappa shape index (κ2) is 4.74. The van der Waals surface area contributed by atoms with Crippen molar-refractivity contribution in [3.05, 3.63) is 0 Å². The Morgan fingerprint density at radius 1 is 1.29 bits per heavy atom. The number of aliphatic hydroxyl groups is 2. The molecule has 0 spiro atoms. The highest BCUT2D eigenvalue weighted by molar-refractivity contribution is 5.90. The predicted molar refractivity (Wildman–Crippen MR) is 62.3 cm³/mol. The van der Waals surface area contributed by atoms with E-state index in [-0.39, 0.29) is 30.1 Å². The van der Waals surface area contributed by atoms with Gasteiger partial charge in [0.15, 0.2) is 5.78 Å². The number of carbonyl (C=O) groups excluding carboxylic acids is 2. The quantitative estimate of drug-likeness (QED) is 0.712. The Balaban J connectivity index is 2.85. The smallest absolute Gasteiger partial charge is 0.220 e. The van der Waals surface area contributed by atoms with E-state index in [1.165, 1.54) is 11.8 Å². The molecule has 0 aromatic heterocycles. The number of aliphatic hydroxyl groups excluding tert-OH is 2. The maximum Gasteiger partial charge on any atom is 0.220 e. The Kier molecular flexibility index (Phi) is 3.94. The first-order valence-electron chi connectivity index (χ1n) is 5.79. The monoisotopic (exact) mass is 243 g/mol. The second-order valence-corrected chi connectivity index (χ2v) is 5.88. The summed E-state index contributed by atoms with van der Waals surface area (Å²) < 4.78 is 0. The molecule has 1 saturated heterocycles. The maximum atomic E-state index is 12.1. The number of hydrogen-bond acceptors (Lipinski definition) is 4. The van der Waals surface area contributed by atoms with Gasteiger partial charge in [-0.1, -0.05) is 20.8 Å². The predicted octanol–water partition coefficient (Wildman–Crippen LogP) is -0.0558. The van der Waals surface area contributed by atoms with Crippen molar-refractivity contribution in [3.63, 3.8) is 0 Å². The summed E-state index contributed by atoms with van der Waals surface area (Å²) in [5.41, 5.74) is -0.202. The van der Waals surface area contributed by atoms with Gasteiger partial charge in [0.25, 0.3) is 0 Å². The average Bonchev–Trinajstić information content (AvgIpc) is 2.40. The highest BCUT2D eigenvalue weighted by Gasteiger charge is 2.45. The third-order valence-electron chi connectivity index (χ3n) is 2.88. The van der Waals surface area contributed by atoms with Crippen LogP contribution in [0.25, 0.3) is 0 Å². The Morgan fingerprint density at radius 2 is 1.82 bits per heavy atom. The molecule has 0 aromatic carbocycles. The molecule has 0 aromatic rings. The number of β-amino-alcohol motifs (C(OH)–C–C–N with tert-alkyl or cyclic N) is 1. The summed E-state index contributed by atoms with van der Waals surface area (Å²) in [4.78, 5) is 24.7. The van der Waals surface area contributed by atoms with Crippen LogP contribution in [0.15, 0.2) is 0 Å². The van der Waals surface area contributed by atoms with Crippen molar-refractivity contribution in [2.45, 2.75) is 52.4 Å². The lowest BCUT2D eigenvalue weighted by Crippen LogP contribution is -2.45. The Morgan fingerprint density at radius 3 is 2.24 bits per heavy atom. The molecule has 5 nitrogen and oxygen atoms in total. The molecule has 1 fully saturated rings. The molecule has 0 radical (unpaired) electrons. The van der Waals surface area contributed by atoms with Gasteiger partial charge in [-0.25, -0.2) is 0 Å². The minimum atomic E-state index is -1.17. The van der Waals surface area contributed by atoms with Crippen molar-refractivity contribution >= 4 is 11.7 Å². The minimum absolute atomic E-state index is 0.0249. The van der Waals surface area contributed by atoms with E-state index in [2.05, 4.69) is 0 Å². The number of rotatable bonds is 2. The van der Waals surface area contributed by atoms with Crippen molar-refractivity contribution in [1.82, 2.24) is 4.90 Å². The molecule has 17 heavy (non-hydrogen) atoms. The van der Waals surface area contributed by atoms with Gasteiger partial charge in [-0.2, -0.15) is 0 Å². The summed E-state index contributed by atoms with van der Waals surface area (Å²) in [6, 6.07) is -0.901. The highest BCUT2D eigenvalue weighted by Crippen LogP contribution is 2.26. The van der Waals surface area contributed by atoms with Crippen LogP contribution < -0.4 is 0 Å². The normalized spacial score (nSPS) is 29.5. The molecule has 0 saturated carbocycles. The van der Waals surface area contributed by atoms with E-state index in [9.17, 15) is 19.8 Å².